The highest BCUT2D eigenvalue weighted by Gasteiger charge is 2.42. The molecule has 17 amide bonds. The molecule has 0 unspecified atom stereocenters. The van der Waals surface area contributed by atoms with Gasteiger partial charge in [-0.25, -0.2) is 4.79 Å². The first-order valence-corrected chi connectivity index (χ1v) is 41.0. The SMILES string of the molecule is CC[C@H](C)[C@H](NC(=O)[C@H](Cc1ccc(O)cc1)NC(=O)[C@@H]1CCCN1C(=O)[C@H](CCCCN)NC(=O)[C@H](CCCCN)NC(=O)[C@H](Cc1ccc(O)cc1)NC(=O)[C@H](C)NC(=O)[C@H](CC(N)=O)NC(=O)[C@H](CO)NC(=O)CNC(=O)CNC(=O)[C@H](CCC(=O)O)NC(=O)[C@H](CCC(=O)O)NC(=O)[C@H](CO)NC(=O)[C@@H]1CCC(=O)N1)C(=O)N[C@@H](CC(C)C)C(=O)O. The number of carboxylic acid groups (broad SMARTS) is 3. The van der Waals surface area contributed by atoms with E-state index in [0.29, 0.717) is 30.4 Å². The number of nitrogens with zero attached hydrogens (tertiary/aromatic N) is 1. The number of phenolic OH excluding ortho intramolecular Hbond substituents is 2. The molecule has 2 heterocycles. The molecular weight excluding hydrogens is 1650 g/mol. The molecule has 0 radical (unpaired) electrons. The van der Waals surface area contributed by atoms with Crippen molar-refractivity contribution in [1.29, 1.82) is 0 Å². The van der Waals surface area contributed by atoms with E-state index in [1.165, 1.54) is 53.4 Å². The molecule has 2 aliphatic rings. The van der Waals surface area contributed by atoms with Crippen LogP contribution in [0.2, 0.25) is 0 Å². The molecule has 4 rings (SSSR count). The van der Waals surface area contributed by atoms with Crippen LogP contribution in [0, 0.1) is 11.8 Å². The number of unbranched alkanes of at least 4 members (excludes halogenated alkanes) is 2. The van der Waals surface area contributed by atoms with E-state index in [0.717, 1.165) is 6.92 Å². The molecule has 0 aromatic heterocycles. The van der Waals surface area contributed by atoms with Crippen LogP contribution in [0.5, 0.6) is 11.5 Å². The third-order valence-corrected chi connectivity index (χ3v) is 20.3. The maximum atomic E-state index is 15.0. The highest BCUT2D eigenvalue weighted by Crippen LogP contribution is 2.23. The van der Waals surface area contributed by atoms with Gasteiger partial charge in [-0.05, 0) is 144 Å². The highest BCUT2D eigenvalue weighted by molar-refractivity contribution is 6.02. The topological polar surface area (TPSA) is 745 Å². The van der Waals surface area contributed by atoms with Crippen LogP contribution in [-0.4, -0.2) is 289 Å². The van der Waals surface area contributed by atoms with Gasteiger partial charge in [0.2, 0.25) is 100 Å². The van der Waals surface area contributed by atoms with Crippen LogP contribution >= 0.6 is 0 Å². The molecule has 2 aromatic carbocycles. The van der Waals surface area contributed by atoms with Crippen molar-refractivity contribution in [3.8, 4) is 11.5 Å². The number of amides is 17. The molecule has 46 nitrogen and oxygen atoms in total. The molecule has 28 N–H and O–H groups in total. The Morgan fingerprint density at radius 1 is 0.472 bits per heavy atom. The first kappa shape index (κ1) is 105. The molecule has 2 fully saturated rings. The minimum Gasteiger partial charge on any atom is -0.508 e. The minimum atomic E-state index is -1.96. The van der Waals surface area contributed by atoms with E-state index in [9.17, 15) is 132 Å². The number of nitrogens with one attached hydrogen (secondary N) is 15. The zero-order valence-electron chi connectivity index (χ0n) is 70.2. The van der Waals surface area contributed by atoms with E-state index in [-0.39, 0.29) is 108 Å². The number of aliphatic carboxylic acids is 3. The third-order valence-electron chi connectivity index (χ3n) is 20.3. The minimum absolute atomic E-state index is 0.00261. The Morgan fingerprint density at radius 2 is 0.912 bits per heavy atom. The molecule has 2 aliphatic heterocycles. The van der Waals surface area contributed by atoms with Crippen LogP contribution in [0.3, 0.4) is 0 Å². The summed E-state index contributed by atoms with van der Waals surface area (Å²) in [6.45, 7) is 4.20. The molecule has 0 bridgehead atoms. The van der Waals surface area contributed by atoms with Gasteiger partial charge in [-0.15, -0.1) is 0 Å². The molecule has 692 valence electrons. The normalized spacial score (nSPS) is 16.6. The van der Waals surface area contributed by atoms with Crippen molar-refractivity contribution < 1.29 is 132 Å². The number of hydrogen-bond donors (Lipinski definition) is 25. The number of aliphatic hydroxyl groups is 2. The smallest absolute Gasteiger partial charge is 0.326 e. The number of aliphatic hydroxyl groups excluding tert-OH is 2. The number of benzene rings is 2. The van der Waals surface area contributed by atoms with E-state index in [4.69, 9.17) is 17.2 Å². The molecule has 0 spiro atoms. The van der Waals surface area contributed by atoms with Gasteiger partial charge < -0.3 is 138 Å². The summed E-state index contributed by atoms with van der Waals surface area (Å²) < 4.78 is 0. The van der Waals surface area contributed by atoms with Gasteiger partial charge in [0.25, 0.3) is 0 Å². The van der Waals surface area contributed by atoms with E-state index >= 15 is 0 Å². The number of carboxylic acids is 3. The second-order valence-electron chi connectivity index (χ2n) is 30.8. The Balaban J connectivity index is 1.48. The molecule has 46 heteroatoms. The Labute approximate surface area is 719 Å². The van der Waals surface area contributed by atoms with Crippen molar-refractivity contribution in [3.05, 3.63) is 59.7 Å². The molecule has 15 atom stereocenters. The lowest BCUT2D eigenvalue weighted by Crippen LogP contribution is -2.61. The largest absolute Gasteiger partial charge is 0.508 e. The van der Waals surface area contributed by atoms with Crippen molar-refractivity contribution >= 4 is 118 Å². The van der Waals surface area contributed by atoms with Gasteiger partial charge in [0.05, 0.1) is 32.7 Å². The Kier molecular flexibility index (Phi) is 44.6. The summed E-state index contributed by atoms with van der Waals surface area (Å²) in [6.07, 6.45) is -2.50. The average Bonchev–Trinajstić information content (AvgIpc) is 1.73. The van der Waals surface area contributed by atoms with Gasteiger partial charge in [-0.3, -0.25) is 91.1 Å². The number of rotatable bonds is 56. The maximum Gasteiger partial charge on any atom is 0.326 e. The first-order chi connectivity index (χ1) is 59.1. The van der Waals surface area contributed by atoms with Gasteiger partial charge in [0.15, 0.2) is 0 Å². The number of aromatic hydroxyl groups is 2. The summed E-state index contributed by atoms with van der Waals surface area (Å²) in [5, 5.41) is 104. The van der Waals surface area contributed by atoms with E-state index < -0.39 is 267 Å². The lowest BCUT2D eigenvalue weighted by Gasteiger charge is -2.31. The summed E-state index contributed by atoms with van der Waals surface area (Å²) in [4.78, 5) is 269. The average molecular weight is 1770 g/mol. The van der Waals surface area contributed by atoms with Crippen LogP contribution in [0.4, 0.5) is 0 Å². The van der Waals surface area contributed by atoms with E-state index in [2.05, 4.69) is 79.8 Å². The summed E-state index contributed by atoms with van der Waals surface area (Å²) in [5.74, 6) is -22.5. The summed E-state index contributed by atoms with van der Waals surface area (Å²) in [5.41, 5.74) is 18.0. The van der Waals surface area contributed by atoms with Crippen molar-refractivity contribution in [2.24, 2.45) is 29.0 Å². The molecule has 0 saturated carbocycles. The number of hydrogen-bond acceptors (Lipinski definition) is 26. The van der Waals surface area contributed by atoms with E-state index in [1.807, 2.05) is 0 Å². The van der Waals surface area contributed by atoms with E-state index in [1.54, 1.807) is 27.7 Å². The van der Waals surface area contributed by atoms with Gasteiger partial charge >= 0.3 is 17.9 Å². The molecule has 2 aromatic rings. The van der Waals surface area contributed by atoms with Crippen LogP contribution in [0.1, 0.15) is 155 Å². The van der Waals surface area contributed by atoms with Crippen molar-refractivity contribution in [3.63, 3.8) is 0 Å². The van der Waals surface area contributed by atoms with Crippen molar-refractivity contribution in [2.45, 2.75) is 241 Å². The molecule has 2 saturated heterocycles. The van der Waals surface area contributed by atoms with Gasteiger partial charge in [-0.1, -0.05) is 58.4 Å². The van der Waals surface area contributed by atoms with Crippen molar-refractivity contribution in [2.75, 3.05) is 45.9 Å². The number of carbonyl (C=O) groups excluding carboxylic acids is 17. The summed E-state index contributed by atoms with van der Waals surface area (Å²) in [7, 11) is 0. The number of phenols is 2. The zero-order chi connectivity index (χ0) is 93.3. The lowest BCUT2D eigenvalue weighted by atomic mass is 9.96. The second-order valence-corrected chi connectivity index (χ2v) is 30.8. The third kappa shape index (κ3) is 36.7. The number of primary amides is 1. The standard InChI is InChI=1S/C79H119N19O27/c1-6-41(4)65(77(122)95-55(79(124)125)32-40(2)3)97-73(118)53(34-44-17-21-46(102)22-18-44)94-76(121)58-14-11-31-98(58)78(123)51(13-8-10-30-81)91-68(113)47(12-7-9-29-80)88-72(117)52(33-43-15-19-45(101)20-16-43)92-66(111)42(5)85-71(116)54(35-59(82)103)93-74(119)56(38-99)87-62(106)37-83-61(105)36-84-67(112)48(24-27-63(107)108)89-70(115)50(25-28-64(109)110)90-75(120)57(39-100)96-69(114)49-23-26-60(104)86-49/h15-22,40-42,47-58,65,99-102H,6-14,23-39,80-81H2,1-5H3,(H2,82,103)(H,83,105)(H,84,112)(H,85,116)(H,86,104)(H,87,106)(H,88,117)(H,89,115)(H,90,120)(H,91,113)(H,92,111)(H,93,119)(H,94,121)(H,95,122)(H,96,114)(H,97,118)(H,107,108)(H,109,110)(H,124,125)/t41-,42-,47-,48-,49-,50-,51-,52-,53-,54-,55-,56-,57-,58-,65-/m0/s1. The van der Waals surface area contributed by atoms with Crippen LogP contribution in [-0.2, 0) is 109 Å². The second kappa shape index (κ2) is 53.3. The monoisotopic (exact) mass is 1770 g/mol. The zero-order valence-corrected chi connectivity index (χ0v) is 70.2. The Bertz CT molecular complexity index is 4100. The fraction of sp³-hybridized carbons (Fsp3) is 0.595. The Hall–Kier alpha value is -12.7. The fourth-order valence-corrected chi connectivity index (χ4v) is 13.1. The van der Waals surface area contributed by atoms with Gasteiger partial charge in [0, 0.05) is 38.6 Å². The molecular formula is C79H119N19O27. The van der Waals surface area contributed by atoms with Gasteiger partial charge in [-0.2, -0.15) is 0 Å². The lowest BCUT2D eigenvalue weighted by molar-refractivity contribution is -0.143. The Morgan fingerprint density at radius 3 is 1.40 bits per heavy atom. The maximum absolute atomic E-state index is 15.0. The quantitative estimate of drug-likeness (QED) is 0.0274. The molecule has 125 heavy (non-hydrogen) atoms. The highest BCUT2D eigenvalue weighted by atomic mass is 16.4. The van der Waals surface area contributed by atoms with Crippen LogP contribution in [0.15, 0.2) is 48.5 Å². The predicted octanol–water partition coefficient (Wildman–Crippen LogP) is -7.75. The molecule has 0 aliphatic carbocycles. The van der Waals surface area contributed by atoms with Crippen molar-refractivity contribution in [1.82, 2.24) is 84.7 Å². The number of carbonyl (C=O) groups is 20. The summed E-state index contributed by atoms with van der Waals surface area (Å²) >= 11 is 0. The summed E-state index contributed by atoms with van der Waals surface area (Å²) in [6, 6.07) is -10.6. The number of nitrogens with two attached hydrogens (primary N) is 3. The van der Waals surface area contributed by atoms with Gasteiger partial charge in [0.1, 0.15) is 96.1 Å². The fourth-order valence-electron chi connectivity index (χ4n) is 13.1. The van der Waals surface area contributed by atoms with Crippen LogP contribution < -0.4 is 97.0 Å². The predicted molar refractivity (Wildman–Crippen MR) is 438 cm³/mol. The first-order valence-electron chi connectivity index (χ1n) is 41.0. The van der Waals surface area contributed by atoms with Crippen LogP contribution in [0.25, 0.3) is 0 Å². The number of likely N-dealkylation sites (tertiary alicyclic amines) is 1.